The summed E-state index contributed by atoms with van der Waals surface area (Å²) in [4.78, 5) is 20.4. The Morgan fingerprint density at radius 1 is 1.04 bits per heavy atom. The summed E-state index contributed by atoms with van der Waals surface area (Å²) in [6.07, 6.45) is 0. The number of carbonyl (C=O) groups excluding carboxylic acids is 1. The number of fused-ring (bicyclic) bond motifs is 1. The van der Waals surface area contributed by atoms with Gasteiger partial charge in [0.25, 0.3) is 0 Å². The quantitative estimate of drug-likeness (QED) is 0.707. The van der Waals surface area contributed by atoms with Crippen molar-refractivity contribution >= 4 is 46.5 Å². The molecule has 0 aliphatic carbocycles. The van der Waals surface area contributed by atoms with Crippen molar-refractivity contribution < 1.29 is 4.79 Å². The molecule has 0 aliphatic heterocycles. The number of para-hydroxylation sites is 1. The number of Topliss-reactive ketones (excluding diaryl/α,β-unsaturated/α-hetero) is 1. The lowest BCUT2D eigenvalue weighted by Gasteiger charge is -2.10. The van der Waals surface area contributed by atoms with Crippen molar-refractivity contribution in [2.75, 3.05) is 17.7 Å². The van der Waals surface area contributed by atoms with E-state index in [0.717, 1.165) is 22.4 Å². The highest BCUT2D eigenvalue weighted by molar-refractivity contribution is 5.95. The van der Waals surface area contributed by atoms with E-state index in [1.54, 1.807) is 19.1 Å². The van der Waals surface area contributed by atoms with E-state index < -0.39 is 0 Å². The predicted molar refractivity (Wildman–Crippen MR) is 96.1 cm³/mol. The smallest absolute Gasteiger partial charge is 0.229 e. The van der Waals surface area contributed by atoms with Crippen LogP contribution >= 0.6 is 12.4 Å². The van der Waals surface area contributed by atoms with Crippen molar-refractivity contribution in [3.63, 3.8) is 0 Å². The van der Waals surface area contributed by atoms with Crippen LogP contribution in [0.15, 0.2) is 48.5 Å². The Morgan fingerprint density at radius 3 is 2.57 bits per heavy atom. The van der Waals surface area contributed by atoms with Crippen molar-refractivity contribution in [1.29, 1.82) is 0 Å². The Bertz CT molecular complexity index is 851. The van der Waals surface area contributed by atoms with Crippen LogP contribution in [0.2, 0.25) is 0 Å². The number of benzene rings is 2. The molecule has 2 aromatic carbocycles. The first-order valence-corrected chi connectivity index (χ1v) is 7.00. The van der Waals surface area contributed by atoms with Gasteiger partial charge in [-0.3, -0.25) is 4.79 Å². The maximum absolute atomic E-state index is 11.5. The molecule has 0 amide bonds. The average molecular weight is 329 g/mol. The van der Waals surface area contributed by atoms with Gasteiger partial charge in [-0.1, -0.05) is 24.3 Å². The standard InChI is InChI=1S/C17H16N4O.ClH/c1-11(22)12-6-5-7-13(10-12)19-17-20-15-9-4-3-8-14(15)16(18-2)21-17;/h3-10H,1-2H3,(H2,18,19,20,21);1H. The third-order valence-corrected chi connectivity index (χ3v) is 3.37. The van der Waals surface area contributed by atoms with Crippen molar-refractivity contribution in [3.05, 3.63) is 54.1 Å². The van der Waals surface area contributed by atoms with Crippen LogP contribution in [0.1, 0.15) is 17.3 Å². The molecule has 3 aromatic rings. The molecule has 1 aromatic heterocycles. The normalized spacial score (nSPS) is 10.0. The number of carbonyl (C=O) groups is 1. The largest absolute Gasteiger partial charge is 0.372 e. The van der Waals surface area contributed by atoms with Gasteiger partial charge in [0.05, 0.1) is 5.52 Å². The third-order valence-electron chi connectivity index (χ3n) is 3.37. The molecule has 0 saturated heterocycles. The summed E-state index contributed by atoms with van der Waals surface area (Å²) in [6.45, 7) is 1.55. The van der Waals surface area contributed by atoms with Crippen LogP contribution in [0.25, 0.3) is 10.9 Å². The van der Waals surface area contributed by atoms with Gasteiger partial charge in [0, 0.05) is 23.7 Å². The predicted octanol–water partition coefficient (Wildman–Crippen LogP) is 4.04. The Hall–Kier alpha value is -2.66. The van der Waals surface area contributed by atoms with Crippen LogP contribution in [0.5, 0.6) is 0 Å². The molecule has 0 unspecified atom stereocenters. The molecule has 3 rings (SSSR count). The number of anilines is 3. The minimum absolute atomic E-state index is 0. The third kappa shape index (κ3) is 3.57. The van der Waals surface area contributed by atoms with E-state index in [2.05, 4.69) is 20.6 Å². The van der Waals surface area contributed by atoms with Crippen molar-refractivity contribution in [2.45, 2.75) is 6.92 Å². The molecular formula is C17H17ClN4O. The molecule has 2 N–H and O–H groups in total. The fourth-order valence-electron chi connectivity index (χ4n) is 2.27. The summed E-state index contributed by atoms with van der Waals surface area (Å²) < 4.78 is 0. The second-order valence-electron chi connectivity index (χ2n) is 4.92. The van der Waals surface area contributed by atoms with Crippen LogP contribution < -0.4 is 10.6 Å². The maximum atomic E-state index is 11.5. The molecule has 0 spiro atoms. The first-order valence-electron chi connectivity index (χ1n) is 7.00. The zero-order chi connectivity index (χ0) is 15.5. The first kappa shape index (κ1) is 16.7. The summed E-state index contributed by atoms with van der Waals surface area (Å²) in [5.74, 6) is 1.28. The van der Waals surface area contributed by atoms with Gasteiger partial charge < -0.3 is 10.6 Å². The number of halogens is 1. The minimum Gasteiger partial charge on any atom is -0.372 e. The maximum Gasteiger partial charge on any atom is 0.229 e. The molecule has 0 saturated carbocycles. The van der Waals surface area contributed by atoms with E-state index in [1.807, 2.05) is 43.4 Å². The molecular weight excluding hydrogens is 312 g/mol. The van der Waals surface area contributed by atoms with Gasteiger partial charge in [0.1, 0.15) is 5.82 Å². The van der Waals surface area contributed by atoms with E-state index in [9.17, 15) is 4.79 Å². The fourth-order valence-corrected chi connectivity index (χ4v) is 2.27. The van der Waals surface area contributed by atoms with Gasteiger partial charge in [0.15, 0.2) is 5.78 Å². The first-order chi connectivity index (χ1) is 10.7. The Balaban J connectivity index is 0.00000192. The molecule has 1 heterocycles. The monoisotopic (exact) mass is 328 g/mol. The van der Waals surface area contributed by atoms with E-state index in [-0.39, 0.29) is 18.2 Å². The highest BCUT2D eigenvalue weighted by Gasteiger charge is 2.07. The summed E-state index contributed by atoms with van der Waals surface area (Å²) >= 11 is 0. The molecule has 0 fully saturated rings. The van der Waals surface area contributed by atoms with Crippen LogP contribution in [-0.4, -0.2) is 22.8 Å². The van der Waals surface area contributed by atoms with Gasteiger partial charge in [-0.05, 0) is 31.2 Å². The summed E-state index contributed by atoms with van der Waals surface area (Å²) in [7, 11) is 1.83. The van der Waals surface area contributed by atoms with Crippen LogP contribution in [-0.2, 0) is 0 Å². The van der Waals surface area contributed by atoms with Gasteiger partial charge >= 0.3 is 0 Å². The lowest BCUT2D eigenvalue weighted by Crippen LogP contribution is -2.02. The van der Waals surface area contributed by atoms with Crippen LogP contribution in [0.4, 0.5) is 17.5 Å². The van der Waals surface area contributed by atoms with E-state index >= 15 is 0 Å². The minimum atomic E-state index is 0. The average Bonchev–Trinajstić information content (AvgIpc) is 2.54. The summed E-state index contributed by atoms with van der Waals surface area (Å²) in [6, 6.07) is 15.1. The van der Waals surface area contributed by atoms with E-state index in [0.29, 0.717) is 11.5 Å². The van der Waals surface area contributed by atoms with Crippen molar-refractivity contribution in [1.82, 2.24) is 9.97 Å². The summed E-state index contributed by atoms with van der Waals surface area (Å²) in [5.41, 5.74) is 2.29. The van der Waals surface area contributed by atoms with Gasteiger partial charge in [-0.2, -0.15) is 4.98 Å². The summed E-state index contributed by atoms with van der Waals surface area (Å²) in [5, 5.41) is 7.20. The molecule has 0 atom stereocenters. The SMILES string of the molecule is CNc1nc(Nc2cccc(C(C)=O)c2)nc2ccccc12.Cl. The number of nitrogens with zero attached hydrogens (tertiary/aromatic N) is 2. The highest BCUT2D eigenvalue weighted by Crippen LogP contribution is 2.23. The molecule has 0 bridgehead atoms. The zero-order valence-corrected chi connectivity index (χ0v) is 13.6. The molecule has 23 heavy (non-hydrogen) atoms. The number of aromatic nitrogens is 2. The number of hydrogen-bond acceptors (Lipinski definition) is 5. The van der Waals surface area contributed by atoms with Gasteiger partial charge in [-0.25, -0.2) is 4.98 Å². The Labute approximate surface area is 140 Å². The van der Waals surface area contributed by atoms with Crippen LogP contribution in [0, 0.1) is 0 Å². The molecule has 5 nitrogen and oxygen atoms in total. The van der Waals surface area contributed by atoms with Crippen LogP contribution in [0.3, 0.4) is 0 Å². The van der Waals surface area contributed by atoms with Gasteiger partial charge in [-0.15, -0.1) is 12.4 Å². The molecule has 118 valence electrons. The lowest BCUT2D eigenvalue weighted by atomic mass is 10.1. The topological polar surface area (TPSA) is 66.9 Å². The zero-order valence-electron chi connectivity index (χ0n) is 12.8. The highest BCUT2D eigenvalue weighted by atomic mass is 35.5. The molecule has 0 aliphatic rings. The number of nitrogens with one attached hydrogen (secondary N) is 2. The lowest BCUT2D eigenvalue weighted by molar-refractivity contribution is 0.101. The van der Waals surface area contributed by atoms with E-state index in [4.69, 9.17) is 0 Å². The Morgan fingerprint density at radius 2 is 1.83 bits per heavy atom. The number of rotatable bonds is 4. The number of ketones is 1. The van der Waals surface area contributed by atoms with Crippen molar-refractivity contribution in [2.24, 2.45) is 0 Å². The molecule has 0 radical (unpaired) electrons. The second-order valence-corrected chi connectivity index (χ2v) is 4.92. The number of hydrogen-bond donors (Lipinski definition) is 2. The fraction of sp³-hybridized carbons (Fsp3) is 0.118. The Kier molecular flexibility index (Phi) is 5.13. The molecule has 6 heteroatoms. The van der Waals surface area contributed by atoms with Crippen molar-refractivity contribution in [3.8, 4) is 0 Å². The van der Waals surface area contributed by atoms with E-state index in [1.165, 1.54) is 0 Å². The second kappa shape index (κ2) is 7.07. The van der Waals surface area contributed by atoms with Gasteiger partial charge in [0.2, 0.25) is 5.95 Å².